The van der Waals surface area contributed by atoms with E-state index in [0.717, 1.165) is 0 Å². The van der Waals surface area contributed by atoms with Gasteiger partial charge in [0.25, 0.3) is 0 Å². The Labute approximate surface area is 212 Å². The first-order valence-corrected chi connectivity index (χ1v) is 12.2. The van der Waals surface area contributed by atoms with Crippen LogP contribution in [0.1, 0.15) is 46.0 Å². The molecule has 1 aromatic carbocycles. The summed E-state index contributed by atoms with van der Waals surface area (Å²) in [6, 6.07) is 2.45. The molecular weight excluding hydrogens is 493 g/mol. The molecule has 0 saturated carbocycles. The van der Waals surface area contributed by atoms with E-state index in [-0.39, 0.29) is 29.1 Å². The lowest BCUT2D eigenvalue weighted by Gasteiger charge is -2.33. The van der Waals surface area contributed by atoms with E-state index in [9.17, 15) is 15.3 Å². The molecule has 0 unspecified atom stereocenters. The zero-order valence-corrected chi connectivity index (χ0v) is 21.1. The number of aliphatic hydroxyl groups is 3. The van der Waals surface area contributed by atoms with Gasteiger partial charge < -0.3 is 34.7 Å². The average molecular weight is 522 g/mol. The maximum atomic E-state index is 15.3. The van der Waals surface area contributed by atoms with Crippen LogP contribution in [-0.4, -0.2) is 72.1 Å². The second-order valence-electron chi connectivity index (χ2n) is 10.0. The third kappa shape index (κ3) is 4.33. The maximum Gasteiger partial charge on any atom is 0.223 e. The molecule has 5 rings (SSSR count). The van der Waals surface area contributed by atoms with Gasteiger partial charge in [-0.3, -0.25) is 0 Å². The SMILES string of the molecule is CC(C)n1c(C(C)(C)O)nc2c(F)cc(-c3nc(N[C@@H]4C[C@@H]5O[C@H]([C@H]4O)[C@@H](CO)O5)ncc3Cl)cc21. The Morgan fingerprint density at radius 1 is 1.28 bits per heavy atom. The van der Waals surface area contributed by atoms with Crippen LogP contribution in [0, 0.1) is 5.82 Å². The van der Waals surface area contributed by atoms with E-state index in [1.165, 1.54) is 12.3 Å². The summed E-state index contributed by atoms with van der Waals surface area (Å²) >= 11 is 6.43. The minimum absolute atomic E-state index is 0.0977. The van der Waals surface area contributed by atoms with Crippen LogP contribution in [0.3, 0.4) is 0 Å². The molecule has 194 valence electrons. The number of imidazole rings is 1. The maximum absolute atomic E-state index is 15.3. The molecule has 5 atom stereocenters. The van der Waals surface area contributed by atoms with Gasteiger partial charge in [0.2, 0.25) is 5.95 Å². The van der Waals surface area contributed by atoms with Crippen molar-refractivity contribution in [1.29, 1.82) is 0 Å². The molecule has 4 N–H and O–H groups in total. The van der Waals surface area contributed by atoms with Gasteiger partial charge >= 0.3 is 0 Å². The summed E-state index contributed by atoms with van der Waals surface area (Å²) in [6.07, 6.45) is -1.06. The zero-order valence-electron chi connectivity index (χ0n) is 20.3. The Balaban J connectivity index is 1.52. The summed E-state index contributed by atoms with van der Waals surface area (Å²) in [5, 5.41) is 34.1. The highest BCUT2D eigenvalue weighted by atomic mass is 35.5. The number of rotatable bonds is 6. The Hall–Kier alpha value is -2.41. The lowest BCUT2D eigenvalue weighted by molar-refractivity contribution is -0.124. The Morgan fingerprint density at radius 2 is 2.03 bits per heavy atom. The van der Waals surface area contributed by atoms with E-state index < -0.39 is 42.1 Å². The summed E-state index contributed by atoms with van der Waals surface area (Å²) in [7, 11) is 0. The van der Waals surface area contributed by atoms with Crippen molar-refractivity contribution in [3.05, 3.63) is 35.0 Å². The molecule has 3 aromatic rings. The number of nitrogens with one attached hydrogen (secondary N) is 1. The van der Waals surface area contributed by atoms with Gasteiger partial charge in [-0.25, -0.2) is 19.3 Å². The van der Waals surface area contributed by atoms with Crippen molar-refractivity contribution in [3.8, 4) is 11.3 Å². The minimum atomic E-state index is -1.28. The van der Waals surface area contributed by atoms with Crippen LogP contribution in [0.2, 0.25) is 5.02 Å². The predicted octanol–water partition coefficient (Wildman–Crippen LogP) is 2.74. The van der Waals surface area contributed by atoms with E-state index in [0.29, 0.717) is 29.0 Å². The number of anilines is 1. The Morgan fingerprint density at radius 3 is 2.69 bits per heavy atom. The summed E-state index contributed by atoms with van der Waals surface area (Å²) in [6.45, 7) is 6.81. The van der Waals surface area contributed by atoms with Crippen molar-refractivity contribution in [2.75, 3.05) is 11.9 Å². The highest BCUT2D eigenvalue weighted by Crippen LogP contribution is 2.36. The molecule has 0 amide bonds. The van der Waals surface area contributed by atoms with Crippen LogP contribution in [0.5, 0.6) is 0 Å². The van der Waals surface area contributed by atoms with Gasteiger partial charge in [-0.15, -0.1) is 0 Å². The number of hydrogen-bond acceptors (Lipinski definition) is 9. The third-order valence-corrected chi connectivity index (χ3v) is 6.80. The molecule has 0 aliphatic carbocycles. The molecule has 0 radical (unpaired) electrons. The second-order valence-corrected chi connectivity index (χ2v) is 10.4. The number of halogens is 2. The molecule has 2 aromatic heterocycles. The zero-order chi connectivity index (χ0) is 25.9. The summed E-state index contributed by atoms with van der Waals surface area (Å²) in [5.74, 6) is -0.0261. The average Bonchev–Trinajstić information content (AvgIpc) is 3.38. The number of aromatic nitrogens is 4. The van der Waals surface area contributed by atoms with E-state index in [1.54, 1.807) is 24.5 Å². The van der Waals surface area contributed by atoms with Crippen molar-refractivity contribution in [2.45, 2.75) is 76.4 Å². The molecule has 2 aliphatic rings. The number of hydrogen-bond donors (Lipinski definition) is 4. The van der Waals surface area contributed by atoms with Crippen LogP contribution < -0.4 is 5.32 Å². The van der Waals surface area contributed by atoms with Gasteiger partial charge in [0.05, 0.1) is 35.1 Å². The van der Waals surface area contributed by atoms with E-state index in [2.05, 4.69) is 20.3 Å². The monoisotopic (exact) mass is 521 g/mol. The summed E-state index contributed by atoms with van der Waals surface area (Å²) in [4.78, 5) is 13.1. The van der Waals surface area contributed by atoms with E-state index >= 15 is 4.39 Å². The third-order valence-electron chi connectivity index (χ3n) is 6.52. The quantitative estimate of drug-likeness (QED) is 0.386. The first kappa shape index (κ1) is 25.2. The molecule has 2 bridgehead atoms. The van der Waals surface area contributed by atoms with Crippen LogP contribution in [0.4, 0.5) is 10.3 Å². The number of ether oxygens (including phenoxy) is 2. The standard InChI is InChI=1S/C24H29ClFN5O5/c1-10(2)31-15-6-11(5-13(26)19(15)29-22(31)24(3,4)34)18-12(25)8-27-23(30-18)28-14-7-17-35-16(9-32)21(36-17)20(14)33/h5-6,8,10,14,16-17,20-21,32-34H,7,9H2,1-4H3,(H,27,28,30)/t14-,16-,17+,20+,21+/m1/s1. The first-order chi connectivity index (χ1) is 17.0. The number of fused-ring (bicyclic) bond motifs is 3. The fourth-order valence-electron chi connectivity index (χ4n) is 4.89. The molecule has 12 heteroatoms. The van der Waals surface area contributed by atoms with E-state index in [4.69, 9.17) is 21.1 Å². The lowest BCUT2D eigenvalue weighted by Crippen LogP contribution is -2.50. The highest BCUT2D eigenvalue weighted by Gasteiger charge is 2.49. The molecule has 2 saturated heterocycles. The molecule has 2 aliphatic heterocycles. The van der Waals surface area contributed by atoms with Crippen molar-refractivity contribution in [3.63, 3.8) is 0 Å². The number of aliphatic hydroxyl groups excluding tert-OH is 2. The van der Waals surface area contributed by atoms with Gasteiger partial charge in [-0.1, -0.05) is 11.6 Å². The molecule has 4 heterocycles. The lowest BCUT2D eigenvalue weighted by atomic mass is 9.97. The molecule has 0 spiro atoms. The van der Waals surface area contributed by atoms with Gasteiger partial charge in [-0.05, 0) is 39.8 Å². The predicted molar refractivity (Wildman–Crippen MR) is 130 cm³/mol. The van der Waals surface area contributed by atoms with Crippen LogP contribution >= 0.6 is 11.6 Å². The highest BCUT2D eigenvalue weighted by molar-refractivity contribution is 6.33. The smallest absolute Gasteiger partial charge is 0.223 e. The number of benzene rings is 1. The molecule has 36 heavy (non-hydrogen) atoms. The van der Waals surface area contributed by atoms with Crippen LogP contribution in [0.25, 0.3) is 22.3 Å². The Kier molecular flexibility index (Phi) is 6.42. The van der Waals surface area contributed by atoms with Crippen molar-refractivity contribution >= 4 is 28.6 Å². The van der Waals surface area contributed by atoms with Crippen LogP contribution in [0.15, 0.2) is 18.3 Å². The van der Waals surface area contributed by atoms with Gasteiger partial charge in [-0.2, -0.15) is 0 Å². The van der Waals surface area contributed by atoms with Crippen LogP contribution in [-0.2, 0) is 15.1 Å². The van der Waals surface area contributed by atoms with Crippen molar-refractivity contribution in [2.24, 2.45) is 0 Å². The fourth-order valence-corrected chi connectivity index (χ4v) is 5.09. The van der Waals surface area contributed by atoms with Crippen molar-refractivity contribution < 1.29 is 29.2 Å². The fraction of sp³-hybridized carbons (Fsp3) is 0.542. The second kappa shape index (κ2) is 9.16. The first-order valence-electron chi connectivity index (χ1n) is 11.8. The van der Waals surface area contributed by atoms with Gasteiger partial charge in [0.1, 0.15) is 35.3 Å². The normalized spacial score (nSPS) is 26.2. The van der Waals surface area contributed by atoms with Gasteiger partial charge in [0, 0.05) is 18.0 Å². The Bertz CT molecular complexity index is 1290. The van der Waals surface area contributed by atoms with E-state index in [1.807, 2.05) is 13.8 Å². The molecular formula is C24H29ClFN5O5. The molecule has 2 fully saturated rings. The van der Waals surface area contributed by atoms with Gasteiger partial charge in [0.15, 0.2) is 12.1 Å². The summed E-state index contributed by atoms with van der Waals surface area (Å²) < 4.78 is 28.2. The topological polar surface area (TPSA) is 135 Å². The summed E-state index contributed by atoms with van der Waals surface area (Å²) in [5.41, 5.74) is 0.0841. The largest absolute Gasteiger partial charge is 0.394 e. The molecule has 10 nitrogen and oxygen atoms in total. The van der Waals surface area contributed by atoms with Crippen molar-refractivity contribution in [1.82, 2.24) is 19.5 Å². The number of nitrogens with zero attached hydrogens (tertiary/aromatic N) is 4. The minimum Gasteiger partial charge on any atom is -0.394 e.